The largest absolute Gasteiger partial charge is 0.370 e. The van der Waals surface area contributed by atoms with E-state index in [-0.39, 0.29) is 5.91 Å². The molecule has 0 aliphatic carbocycles. The second-order valence-electron chi connectivity index (χ2n) is 6.56. The summed E-state index contributed by atoms with van der Waals surface area (Å²) in [6.45, 7) is 3.14. The van der Waals surface area contributed by atoms with E-state index in [9.17, 15) is 4.79 Å². The standard InChI is InChI=1S/C21H27N3O/c25-21(17-22-16-18-10-4-3-5-11-18)23-19-12-6-7-13-20(19)24-14-8-1-2-9-15-24/h3-7,10-13,22H,1-2,8-9,14-17H2,(H,23,25). The van der Waals surface area contributed by atoms with Crippen molar-refractivity contribution in [3.05, 3.63) is 60.2 Å². The highest BCUT2D eigenvalue weighted by Crippen LogP contribution is 2.27. The predicted molar refractivity (Wildman–Crippen MR) is 104 cm³/mol. The van der Waals surface area contributed by atoms with E-state index in [1.54, 1.807) is 0 Å². The molecule has 3 rings (SSSR count). The van der Waals surface area contributed by atoms with Gasteiger partial charge in [-0.2, -0.15) is 0 Å². The van der Waals surface area contributed by atoms with Crippen LogP contribution in [0.15, 0.2) is 54.6 Å². The Morgan fingerprint density at radius 3 is 2.32 bits per heavy atom. The van der Waals surface area contributed by atoms with Crippen LogP contribution in [0.25, 0.3) is 0 Å². The summed E-state index contributed by atoms with van der Waals surface area (Å²) in [4.78, 5) is 14.7. The zero-order valence-corrected chi connectivity index (χ0v) is 14.7. The van der Waals surface area contributed by atoms with Gasteiger partial charge >= 0.3 is 0 Å². The molecule has 2 aromatic carbocycles. The van der Waals surface area contributed by atoms with Gasteiger partial charge in [0.05, 0.1) is 17.9 Å². The monoisotopic (exact) mass is 337 g/mol. The van der Waals surface area contributed by atoms with Crippen molar-refractivity contribution in [2.24, 2.45) is 0 Å². The highest BCUT2D eigenvalue weighted by Gasteiger charge is 2.14. The molecule has 2 aromatic rings. The highest BCUT2D eigenvalue weighted by molar-refractivity contribution is 5.95. The van der Waals surface area contributed by atoms with Crippen molar-refractivity contribution >= 4 is 17.3 Å². The van der Waals surface area contributed by atoms with Crippen LogP contribution in [-0.4, -0.2) is 25.5 Å². The molecule has 1 aliphatic heterocycles. The lowest BCUT2D eigenvalue weighted by Crippen LogP contribution is -2.29. The lowest BCUT2D eigenvalue weighted by atomic mass is 10.2. The maximum atomic E-state index is 12.3. The molecule has 0 bridgehead atoms. The minimum Gasteiger partial charge on any atom is -0.370 e. The maximum Gasteiger partial charge on any atom is 0.238 e. The average Bonchev–Trinajstić information content (AvgIpc) is 2.92. The lowest BCUT2D eigenvalue weighted by molar-refractivity contribution is -0.115. The van der Waals surface area contributed by atoms with Crippen LogP contribution >= 0.6 is 0 Å². The Bertz CT molecular complexity index is 664. The van der Waals surface area contributed by atoms with Crippen molar-refractivity contribution in [3.8, 4) is 0 Å². The fraction of sp³-hybridized carbons (Fsp3) is 0.381. The van der Waals surface area contributed by atoms with E-state index >= 15 is 0 Å². The summed E-state index contributed by atoms with van der Waals surface area (Å²) in [5.74, 6) is -0.00166. The Labute approximate surface area is 150 Å². The number of carbonyl (C=O) groups is 1. The lowest BCUT2D eigenvalue weighted by Gasteiger charge is -2.25. The summed E-state index contributed by atoms with van der Waals surface area (Å²) in [6.07, 6.45) is 5.05. The van der Waals surface area contributed by atoms with E-state index in [2.05, 4.69) is 33.7 Å². The summed E-state index contributed by atoms with van der Waals surface area (Å²) in [6, 6.07) is 18.3. The number of nitrogens with zero attached hydrogens (tertiary/aromatic N) is 1. The van der Waals surface area contributed by atoms with Gasteiger partial charge in [-0.15, -0.1) is 0 Å². The maximum absolute atomic E-state index is 12.3. The van der Waals surface area contributed by atoms with Crippen LogP contribution in [0.5, 0.6) is 0 Å². The van der Waals surface area contributed by atoms with Crippen molar-refractivity contribution in [3.63, 3.8) is 0 Å². The fourth-order valence-electron chi connectivity index (χ4n) is 3.28. The zero-order chi connectivity index (χ0) is 17.3. The molecular formula is C21H27N3O. The van der Waals surface area contributed by atoms with Crippen LogP contribution in [0.3, 0.4) is 0 Å². The molecule has 0 unspecified atom stereocenters. The van der Waals surface area contributed by atoms with Crippen LogP contribution in [0, 0.1) is 0 Å². The van der Waals surface area contributed by atoms with Crippen molar-refractivity contribution in [2.45, 2.75) is 32.2 Å². The van der Waals surface area contributed by atoms with Crippen LogP contribution in [0.4, 0.5) is 11.4 Å². The number of benzene rings is 2. The molecule has 1 heterocycles. The number of nitrogens with one attached hydrogen (secondary N) is 2. The molecule has 0 aromatic heterocycles. The van der Waals surface area contributed by atoms with Gasteiger partial charge in [0.2, 0.25) is 5.91 Å². The molecule has 1 amide bonds. The van der Waals surface area contributed by atoms with Gasteiger partial charge in [-0.05, 0) is 30.5 Å². The van der Waals surface area contributed by atoms with Gasteiger partial charge in [0.25, 0.3) is 0 Å². The quantitative estimate of drug-likeness (QED) is 0.843. The normalized spacial score (nSPS) is 14.8. The molecule has 132 valence electrons. The van der Waals surface area contributed by atoms with E-state index in [4.69, 9.17) is 0 Å². The number of amides is 1. The van der Waals surface area contributed by atoms with Gasteiger partial charge in [0.15, 0.2) is 0 Å². The highest BCUT2D eigenvalue weighted by atomic mass is 16.1. The second-order valence-corrected chi connectivity index (χ2v) is 6.56. The molecule has 25 heavy (non-hydrogen) atoms. The minimum absolute atomic E-state index is 0.00166. The Hall–Kier alpha value is -2.33. The van der Waals surface area contributed by atoms with E-state index in [1.807, 2.05) is 36.4 Å². The molecule has 4 nitrogen and oxygen atoms in total. The first kappa shape index (κ1) is 17.5. The van der Waals surface area contributed by atoms with Crippen LogP contribution in [0.2, 0.25) is 0 Å². The molecule has 2 N–H and O–H groups in total. The van der Waals surface area contributed by atoms with E-state index in [0.29, 0.717) is 13.1 Å². The number of hydrogen-bond acceptors (Lipinski definition) is 3. The molecule has 4 heteroatoms. The van der Waals surface area contributed by atoms with Crippen LogP contribution in [-0.2, 0) is 11.3 Å². The van der Waals surface area contributed by atoms with E-state index in [0.717, 1.165) is 24.5 Å². The molecule has 1 fully saturated rings. The van der Waals surface area contributed by atoms with Crippen molar-refractivity contribution in [2.75, 3.05) is 29.9 Å². The van der Waals surface area contributed by atoms with Gasteiger partial charge in [-0.1, -0.05) is 55.3 Å². The molecular weight excluding hydrogens is 310 g/mol. The third-order valence-electron chi connectivity index (χ3n) is 4.58. The summed E-state index contributed by atoms with van der Waals surface area (Å²) in [5.41, 5.74) is 3.23. The number of anilines is 2. The van der Waals surface area contributed by atoms with Gasteiger partial charge in [0.1, 0.15) is 0 Å². The summed E-state index contributed by atoms with van der Waals surface area (Å²) >= 11 is 0. The molecule has 1 aliphatic rings. The molecule has 0 radical (unpaired) electrons. The Kier molecular flexibility index (Phi) is 6.46. The summed E-state index contributed by atoms with van der Waals surface area (Å²) in [5, 5.41) is 6.28. The van der Waals surface area contributed by atoms with Crippen molar-refractivity contribution in [1.29, 1.82) is 0 Å². The number of carbonyl (C=O) groups excluding carboxylic acids is 1. The average molecular weight is 337 g/mol. The number of hydrogen-bond donors (Lipinski definition) is 2. The minimum atomic E-state index is -0.00166. The fourth-order valence-corrected chi connectivity index (χ4v) is 3.28. The second kappa shape index (κ2) is 9.23. The Balaban J connectivity index is 1.55. The van der Waals surface area contributed by atoms with Crippen molar-refractivity contribution < 1.29 is 4.79 Å². The first-order valence-electron chi connectivity index (χ1n) is 9.21. The Morgan fingerprint density at radius 1 is 0.880 bits per heavy atom. The topological polar surface area (TPSA) is 44.4 Å². The first-order chi connectivity index (χ1) is 12.3. The first-order valence-corrected chi connectivity index (χ1v) is 9.21. The molecule has 1 saturated heterocycles. The molecule has 0 spiro atoms. The van der Waals surface area contributed by atoms with Gasteiger partial charge in [-0.3, -0.25) is 4.79 Å². The number of rotatable bonds is 6. The van der Waals surface area contributed by atoms with Gasteiger partial charge in [0, 0.05) is 19.6 Å². The van der Waals surface area contributed by atoms with Gasteiger partial charge < -0.3 is 15.5 Å². The smallest absolute Gasteiger partial charge is 0.238 e. The third-order valence-corrected chi connectivity index (χ3v) is 4.58. The van der Waals surface area contributed by atoms with E-state index < -0.39 is 0 Å². The Morgan fingerprint density at radius 2 is 1.56 bits per heavy atom. The van der Waals surface area contributed by atoms with E-state index in [1.165, 1.54) is 31.2 Å². The zero-order valence-electron chi connectivity index (χ0n) is 14.7. The van der Waals surface area contributed by atoms with Crippen LogP contribution in [0.1, 0.15) is 31.2 Å². The summed E-state index contributed by atoms with van der Waals surface area (Å²) in [7, 11) is 0. The van der Waals surface area contributed by atoms with Gasteiger partial charge in [-0.25, -0.2) is 0 Å². The predicted octanol–water partition coefficient (Wildman–Crippen LogP) is 3.80. The third kappa shape index (κ3) is 5.33. The molecule has 0 saturated carbocycles. The van der Waals surface area contributed by atoms with Crippen LogP contribution < -0.4 is 15.5 Å². The molecule has 0 atom stereocenters. The van der Waals surface area contributed by atoms with Crippen molar-refractivity contribution in [1.82, 2.24) is 5.32 Å². The number of para-hydroxylation sites is 2. The summed E-state index contributed by atoms with van der Waals surface area (Å²) < 4.78 is 0. The SMILES string of the molecule is O=C(CNCc1ccccc1)Nc1ccccc1N1CCCCCC1.